The SMILES string of the molecule is CCCCCCCCCCCCCCC(O)CNCCNCCNCCN. The van der Waals surface area contributed by atoms with Crippen molar-refractivity contribution >= 4 is 0 Å². The molecule has 0 amide bonds. The van der Waals surface area contributed by atoms with Crippen LogP contribution in [0.4, 0.5) is 0 Å². The summed E-state index contributed by atoms with van der Waals surface area (Å²) in [5.41, 5.74) is 5.41. The maximum absolute atomic E-state index is 10.0. The van der Waals surface area contributed by atoms with Crippen molar-refractivity contribution in [2.75, 3.05) is 45.8 Å². The first-order valence-electron chi connectivity index (χ1n) is 11.8. The van der Waals surface area contributed by atoms with Crippen LogP contribution >= 0.6 is 0 Å². The Morgan fingerprint density at radius 1 is 0.630 bits per heavy atom. The first kappa shape index (κ1) is 26.8. The third-order valence-electron chi connectivity index (χ3n) is 5.05. The van der Waals surface area contributed by atoms with Crippen molar-refractivity contribution in [3.63, 3.8) is 0 Å². The molecule has 0 saturated heterocycles. The maximum Gasteiger partial charge on any atom is 0.0664 e. The molecule has 0 aromatic carbocycles. The quantitative estimate of drug-likeness (QED) is 0.174. The van der Waals surface area contributed by atoms with E-state index in [-0.39, 0.29) is 6.10 Å². The van der Waals surface area contributed by atoms with Crippen LogP contribution < -0.4 is 21.7 Å². The molecule has 0 saturated carbocycles. The molecule has 0 aliphatic rings. The number of hydrogen-bond acceptors (Lipinski definition) is 5. The molecule has 6 N–H and O–H groups in total. The van der Waals surface area contributed by atoms with Crippen LogP contribution in [-0.2, 0) is 0 Å². The Morgan fingerprint density at radius 2 is 1.07 bits per heavy atom. The number of unbranched alkanes of at least 4 members (excludes halogenated alkanes) is 11. The molecule has 0 aromatic heterocycles. The van der Waals surface area contributed by atoms with Gasteiger partial charge in [-0.25, -0.2) is 0 Å². The van der Waals surface area contributed by atoms with Gasteiger partial charge >= 0.3 is 0 Å². The molecule has 0 aliphatic heterocycles. The summed E-state index contributed by atoms with van der Waals surface area (Å²) < 4.78 is 0. The summed E-state index contributed by atoms with van der Waals surface area (Å²) in [6.07, 6.45) is 17.1. The molecular formula is C22H50N4O. The minimum absolute atomic E-state index is 0.195. The molecule has 5 nitrogen and oxygen atoms in total. The molecule has 0 fully saturated rings. The van der Waals surface area contributed by atoms with E-state index in [1.165, 1.54) is 70.6 Å². The summed E-state index contributed by atoms with van der Waals surface area (Å²) >= 11 is 0. The monoisotopic (exact) mass is 386 g/mol. The van der Waals surface area contributed by atoms with E-state index in [2.05, 4.69) is 22.9 Å². The van der Waals surface area contributed by atoms with Gasteiger partial charge in [0.1, 0.15) is 0 Å². The average Bonchev–Trinajstić information content (AvgIpc) is 2.67. The minimum Gasteiger partial charge on any atom is -0.392 e. The molecule has 0 spiro atoms. The topological polar surface area (TPSA) is 82.3 Å². The summed E-state index contributed by atoms with van der Waals surface area (Å²) in [5.74, 6) is 0. The molecule has 0 heterocycles. The summed E-state index contributed by atoms with van der Waals surface area (Å²) in [4.78, 5) is 0. The Morgan fingerprint density at radius 3 is 1.59 bits per heavy atom. The zero-order valence-electron chi connectivity index (χ0n) is 18.2. The lowest BCUT2D eigenvalue weighted by molar-refractivity contribution is 0.158. The number of aliphatic hydroxyl groups is 1. The van der Waals surface area contributed by atoms with Crippen LogP contribution in [0, 0.1) is 0 Å². The van der Waals surface area contributed by atoms with Crippen LogP contribution in [0.15, 0.2) is 0 Å². The van der Waals surface area contributed by atoms with Crippen LogP contribution in [-0.4, -0.2) is 57.0 Å². The molecule has 0 radical (unpaired) electrons. The number of aliphatic hydroxyl groups excluding tert-OH is 1. The summed E-state index contributed by atoms with van der Waals surface area (Å²) in [6.45, 7) is 8.33. The van der Waals surface area contributed by atoms with Gasteiger partial charge in [-0.15, -0.1) is 0 Å². The molecule has 0 aliphatic carbocycles. The fourth-order valence-electron chi connectivity index (χ4n) is 3.30. The van der Waals surface area contributed by atoms with Gasteiger partial charge in [0.2, 0.25) is 0 Å². The van der Waals surface area contributed by atoms with E-state index < -0.39 is 0 Å². The van der Waals surface area contributed by atoms with Crippen molar-refractivity contribution in [1.29, 1.82) is 0 Å². The molecule has 0 rings (SSSR count). The third kappa shape index (κ3) is 23.8. The minimum atomic E-state index is -0.195. The van der Waals surface area contributed by atoms with Crippen LogP contribution in [0.25, 0.3) is 0 Å². The van der Waals surface area contributed by atoms with Crippen molar-refractivity contribution in [3.05, 3.63) is 0 Å². The lowest BCUT2D eigenvalue weighted by atomic mass is 10.0. The van der Waals surface area contributed by atoms with E-state index in [0.29, 0.717) is 13.1 Å². The van der Waals surface area contributed by atoms with Gasteiger partial charge in [0.15, 0.2) is 0 Å². The Hall–Kier alpha value is -0.200. The highest BCUT2D eigenvalue weighted by Gasteiger charge is 2.03. The van der Waals surface area contributed by atoms with Gasteiger partial charge < -0.3 is 26.8 Å². The summed E-state index contributed by atoms with van der Waals surface area (Å²) in [5, 5.41) is 20.0. The number of hydrogen-bond donors (Lipinski definition) is 5. The van der Waals surface area contributed by atoms with Gasteiger partial charge in [0.25, 0.3) is 0 Å². The first-order chi connectivity index (χ1) is 13.3. The second-order valence-electron chi connectivity index (χ2n) is 7.82. The van der Waals surface area contributed by atoms with Gasteiger partial charge in [-0.2, -0.15) is 0 Å². The highest BCUT2D eigenvalue weighted by Crippen LogP contribution is 2.12. The fraction of sp³-hybridized carbons (Fsp3) is 1.00. The Bertz CT molecular complexity index is 267. The van der Waals surface area contributed by atoms with E-state index in [0.717, 1.165) is 45.6 Å². The van der Waals surface area contributed by atoms with E-state index in [9.17, 15) is 5.11 Å². The highest BCUT2D eigenvalue weighted by atomic mass is 16.3. The predicted octanol–water partition coefficient (Wildman–Crippen LogP) is 3.17. The van der Waals surface area contributed by atoms with Crippen LogP contribution in [0.5, 0.6) is 0 Å². The molecule has 164 valence electrons. The third-order valence-corrected chi connectivity index (χ3v) is 5.05. The Balaban J connectivity index is 3.12. The first-order valence-corrected chi connectivity index (χ1v) is 11.8. The molecular weight excluding hydrogens is 336 g/mol. The van der Waals surface area contributed by atoms with Gasteiger partial charge in [-0.1, -0.05) is 84.0 Å². The molecule has 0 aromatic rings. The summed E-state index contributed by atoms with van der Waals surface area (Å²) in [7, 11) is 0. The Labute approximate surface area is 169 Å². The smallest absolute Gasteiger partial charge is 0.0664 e. The van der Waals surface area contributed by atoms with E-state index in [1.807, 2.05) is 0 Å². The van der Waals surface area contributed by atoms with Gasteiger partial charge in [-0.05, 0) is 6.42 Å². The number of nitrogens with two attached hydrogens (primary N) is 1. The Kier molecular flexibility index (Phi) is 23.7. The summed E-state index contributed by atoms with van der Waals surface area (Å²) in [6, 6.07) is 0. The van der Waals surface area contributed by atoms with E-state index in [1.54, 1.807) is 0 Å². The van der Waals surface area contributed by atoms with Gasteiger partial charge in [0.05, 0.1) is 6.10 Å². The fourth-order valence-corrected chi connectivity index (χ4v) is 3.30. The normalized spacial score (nSPS) is 12.6. The lowest BCUT2D eigenvalue weighted by Crippen LogP contribution is -2.36. The van der Waals surface area contributed by atoms with Crippen molar-refractivity contribution < 1.29 is 5.11 Å². The van der Waals surface area contributed by atoms with Crippen molar-refractivity contribution in [3.8, 4) is 0 Å². The highest BCUT2D eigenvalue weighted by molar-refractivity contribution is 4.61. The van der Waals surface area contributed by atoms with E-state index in [4.69, 9.17) is 5.73 Å². The molecule has 5 heteroatoms. The molecule has 27 heavy (non-hydrogen) atoms. The van der Waals surface area contributed by atoms with E-state index >= 15 is 0 Å². The van der Waals surface area contributed by atoms with Crippen LogP contribution in [0.3, 0.4) is 0 Å². The van der Waals surface area contributed by atoms with Crippen molar-refractivity contribution in [1.82, 2.24) is 16.0 Å². The number of nitrogens with one attached hydrogen (secondary N) is 3. The zero-order valence-corrected chi connectivity index (χ0v) is 18.2. The van der Waals surface area contributed by atoms with Gasteiger partial charge in [-0.3, -0.25) is 0 Å². The molecule has 1 unspecified atom stereocenters. The predicted molar refractivity (Wildman–Crippen MR) is 119 cm³/mol. The second kappa shape index (κ2) is 23.8. The molecule has 1 atom stereocenters. The van der Waals surface area contributed by atoms with Crippen LogP contribution in [0.2, 0.25) is 0 Å². The maximum atomic E-state index is 10.0. The second-order valence-corrected chi connectivity index (χ2v) is 7.82. The van der Waals surface area contributed by atoms with Crippen molar-refractivity contribution in [2.45, 2.75) is 96.5 Å². The lowest BCUT2D eigenvalue weighted by Gasteiger charge is -2.12. The standard InChI is InChI=1S/C22H50N4O/c1-2-3-4-5-6-7-8-9-10-11-12-13-14-22(27)21-26-20-19-25-18-17-24-16-15-23/h22,24-27H,2-21,23H2,1H3. The molecule has 0 bridgehead atoms. The van der Waals surface area contributed by atoms with Crippen LogP contribution in [0.1, 0.15) is 90.4 Å². The number of rotatable bonds is 23. The largest absolute Gasteiger partial charge is 0.392 e. The van der Waals surface area contributed by atoms with Gasteiger partial charge in [0, 0.05) is 45.8 Å². The average molecular weight is 387 g/mol. The van der Waals surface area contributed by atoms with Crippen molar-refractivity contribution in [2.24, 2.45) is 5.73 Å². The zero-order chi connectivity index (χ0) is 19.8.